The summed E-state index contributed by atoms with van der Waals surface area (Å²) in [6.07, 6.45) is 6.88. The van der Waals surface area contributed by atoms with Gasteiger partial charge in [0.1, 0.15) is 5.75 Å². The maximum absolute atomic E-state index is 11.9. The number of hydrogen-bond acceptors (Lipinski definition) is 1. The molecule has 0 aromatic heterocycles. The van der Waals surface area contributed by atoms with Gasteiger partial charge in [-0.25, -0.2) is 0 Å². The summed E-state index contributed by atoms with van der Waals surface area (Å²) >= 11 is 0. The van der Waals surface area contributed by atoms with Gasteiger partial charge in [-0.2, -0.15) is 8.78 Å². The van der Waals surface area contributed by atoms with E-state index in [1.165, 1.54) is 5.57 Å². The number of alkyl halides is 2. The van der Waals surface area contributed by atoms with E-state index in [9.17, 15) is 8.78 Å². The second kappa shape index (κ2) is 4.26. The van der Waals surface area contributed by atoms with Crippen LogP contribution in [0.25, 0.3) is 0 Å². The molecule has 2 rings (SSSR count). The molecule has 0 atom stereocenters. The van der Waals surface area contributed by atoms with Gasteiger partial charge in [-0.15, -0.1) is 0 Å². The number of hydrogen-bond donors (Lipinski definition) is 0. The van der Waals surface area contributed by atoms with Crippen molar-refractivity contribution < 1.29 is 13.5 Å². The molecule has 0 spiro atoms. The minimum absolute atomic E-state index is 0.201. The Balaban J connectivity index is 1.97. The third kappa shape index (κ3) is 2.65. The summed E-state index contributed by atoms with van der Waals surface area (Å²) in [6.45, 7) is -2.76. The minimum atomic E-state index is -2.76. The lowest BCUT2D eigenvalue weighted by Gasteiger charge is -2.08. The predicted molar refractivity (Wildman–Crippen MR) is 54.0 cm³/mol. The van der Waals surface area contributed by atoms with Crippen molar-refractivity contribution in [3.8, 4) is 5.75 Å². The van der Waals surface area contributed by atoms with E-state index in [0.29, 0.717) is 0 Å². The molecule has 0 bridgehead atoms. The zero-order valence-corrected chi connectivity index (χ0v) is 7.99. The predicted octanol–water partition coefficient (Wildman–Crippen LogP) is 3.33. The van der Waals surface area contributed by atoms with Gasteiger partial charge in [0.15, 0.2) is 0 Å². The Morgan fingerprint density at radius 1 is 1.13 bits per heavy atom. The van der Waals surface area contributed by atoms with Gasteiger partial charge >= 0.3 is 6.61 Å². The van der Waals surface area contributed by atoms with E-state index in [0.717, 1.165) is 12.0 Å². The largest absolute Gasteiger partial charge is 0.435 e. The highest BCUT2D eigenvalue weighted by molar-refractivity contribution is 5.40. The van der Waals surface area contributed by atoms with Gasteiger partial charge in [-0.05, 0) is 29.7 Å². The third-order valence-corrected chi connectivity index (χ3v) is 2.18. The van der Waals surface area contributed by atoms with Gasteiger partial charge in [0.25, 0.3) is 0 Å². The molecule has 1 aliphatic carbocycles. The minimum Gasteiger partial charge on any atom is -0.435 e. The van der Waals surface area contributed by atoms with Crippen LogP contribution >= 0.6 is 0 Å². The van der Waals surface area contributed by atoms with Crippen LogP contribution in [0.5, 0.6) is 5.75 Å². The van der Waals surface area contributed by atoms with Gasteiger partial charge in [-0.3, -0.25) is 0 Å². The molecular weight excluding hydrogens is 198 g/mol. The molecule has 1 aliphatic rings. The number of benzene rings is 1. The molecule has 3 heteroatoms. The van der Waals surface area contributed by atoms with Crippen LogP contribution in [0.1, 0.15) is 5.56 Å². The van der Waals surface area contributed by atoms with Crippen molar-refractivity contribution in [1.82, 2.24) is 0 Å². The molecule has 0 fully saturated rings. The molecule has 0 aliphatic heterocycles. The van der Waals surface area contributed by atoms with Crippen LogP contribution in [0.4, 0.5) is 8.78 Å². The maximum atomic E-state index is 11.9. The Kier molecular flexibility index (Phi) is 2.81. The highest BCUT2D eigenvalue weighted by Gasteiger charge is 2.04. The zero-order chi connectivity index (χ0) is 10.7. The average molecular weight is 208 g/mol. The molecule has 0 heterocycles. The summed E-state index contributed by atoms with van der Waals surface area (Å²) in [6, 6.07) is 6.71. The van der Waals surface area contributed by atoms with E-state index in [1.807, 2.05) is 18.2 Å². The SMILES string of the molecule is FC(F)Oc1ccc(CC2=CC=C2)cc1. The van der Waals surface area contributed by atoms with Crippen LogP contribution in [-0.4, -0.2) is 6.61 Å². The summed E-state index contributed by atoms with van der Waals surface area (Å²) in [5, 5.41) is 0. The van der Waals surface area contributed by atoms with Crippen molar-refractivity contribution in [1.29, 1.82) is 0 Å². The zero-order valence-electron chi connectivity index (χ0n) is 7.99. The second-order valence-corrected chi connectivity index (χ2v) is 3.30. The van der Waals surface area contributed by atoms with Crippen molar-refractivity contribution in [2.75, 3.05) is 0 Å². The summed E-state index contributed by atoms with van der Waals surface area (Å²) in [5.74, 6) is 0.201. The fraction of sp³-hybridized carbons (Fsp3) is 0.167. The summed E-state index contributed by atoms with van der Waals surface area (Å²) in [7, 11) is 0. The lowest BCUT2D eigenvalue weighted by atomic mass is 10.00. The average Bonchev–Trinajstić information content (AvgIpc) is 2.13. The van der Waals surface area contributed by atoms with Crippen LogP contribution in [-0.2, 0) is 6.42 Å². The lowest BCUT2D eigenvalue weighted by molar-refractivity contribution is -0.0498. The van der Waals surface area contributed by atoms with Crippen molar-refractivity contribution in [2.24, 2.45) is 0 Å². The highest BCUT2D eigenvalue weighted by atomic mass is 19.3. The van der Waals surface area contributed by atoms with E-state index >= 15 is 0 Å². The molecule has 0 saturated heterocycles. The van der Waals surface area contributed by atoms with Gasteiger partial charge in [0.05, 0.1) is 0 Å². The summed E-state index contributed by atoms with van der Waals surface area (Å²) in [5.41, 5.74) is 2.34. The normalized spacial score (nSPS) is 13.7. The maximum Gasteiger partial charge on any atom is 0.387 e. The van der Waals surface area contributed by atoms with Crippen molar-refractivity contribution >= 4 is 0 Å². The number of rotatable bonds is 4. The molecule has 15 heavy (non-hydrogen) atoms. The van der Waals surface area contributed by atoms with Gasteiger partial charge < -0.3 is 4.74 Å². The molecule has 78 valence electrons. The Hall–Kier alpha value is -1.64. The lowest BCUT2D eigenvalue weighted by Crippen LogP contribution is -2.01. The van der Waals surface area contributed by atoms with Crippen molar-refractivity contribution in [2.45, 2.75) is 13.0 Å². The van der Waals surface area contributed by atoms with Crippen LogP contribution in [0, 0.1) is 0 Å². The fourth-order valence-electron chi connectivity index (χ4n) is 1.37. The van der Waals surface area contributed by atoms with Crippen molar-refractivity contribution in [3.63, 3.8) is 0 Å². The van der Waals surface area contributed by atoms with Gasteiger partial charge in [0.2, 0.25) is 0 Å². The van der Waals surface area contributed by atoms with E-state index in [4.69, 9.17) is 0 Å². The molecule has 0 radical (unpaired) electrons. The molecule has 1 aromatic carbocycles. The second-order valence-electron chi connectivity index (χ2n) is 3.30. The van der Waals surface area contributed by atoms with E-state index < -0.39 is 6.61 Å². The standard InChI is InChI=1S/C12H10F2O/c13-12(14)15-11-6-4-10(5-7-11)8-9-2-1-3-9/h1-7,12H,8H2. The third-order valence-electron chi connectivity index (χ3n) is 2.18. The van der Waals surface area contributed by atoms with Gasteiger partial charge in [-0.1, -0.05) is 30.4 Å². The Morgan fingerprint density at radius 2 is 1.80 bits per heavy atom. The van der Waals surface area contributed by atoms with Crippen LogP contribution in [0.15, 0.2) is 48.1 Å². The molecule has 1 nitrogen and oxygen atoms in total. The first-order valence-electron chi connectivity index (χ1n) is 4.65. The Labute approximate surface area is 86.7 Å². The van der Waals surface area contributed by atoms with Crippen LogP contribution in [0.3, 0.4) is 0 Å². The first-order valence-corrected chi connectivity index (χ1v) is 4.65. The first kappa shape index (κ1) is 9.90. The van der Waals surface area contributed by atoms with Crippen molar-refractivity contribution in [3.05, 3.63) is 53.6 Å². The van der Waals surface area contributed by atoms with Crippen LogP contribution in [0.2, 0.25) is 0 Å². The number of allylic oxidation sites excluding steroid dienone is 4. The molecule has 0 N–H and O–H groups in total. The van der Waals surface area contributed by atoms with Crippen LogP contribution < -0.4 is 4.74 Å². The molecule has 0 unspecified atom stereocenters. The van der Waals surface area contributed by atoms with E-state index in [-0.39, 0.29) is 5.75 Å². The van der Waals surface area contributed by atoms with E-state index in [1.54, 1.807) is 24.3 Å². The number of ether oxygens (including phenoxy) is 1. The van der Waals surface area contributed by atoms with E-state index in [2.05, 4.69) is 4.74 Å². The highest BCUT2D eigenvalue weighted by Crippen LogP contribution is 2.19. The summed E-state index contributed by atoms with van der Waals surface area (Å²) < 4.78 is 28.0. The fourth-order valence-corrected chi connectivity index (χ4v) is 1.37. The smallest absolute Gasteiger partial charge is 0.387 e. The topological polar surface area (TPSA) is 9.23 Å². The first-order chi connectivity index (χ1) is 7.24. The molecular formula is C12H10F2O. The Morgan fingerprint density at radius 3 is 2.27 bits per heavy atom. The summed E-state index contributed by atoms with van der Waals surface area (Å²) in [4.78, 5) is 0. The Bertz CT molecular complexity index is 391. The molecule has 0 amide bonds. The van der Waals surface area contributed by atoms with Gasteiger partial charge in [0, 0.05) is 0 Å². The molecule has 0 saturated carbocycles. The quantitative estimate of drug-likeness (QED) is 0.737. The monoisotopic (exact) mass is 208 g/mol. The number of halogens is 2. The molecule has 1 aromatic rings.